The number of hydrogen-bond acceptors (Lipinski definition) is 9. The van der Waals surface area contributed by atoms with Crippen LogP contribution in [0.2, 0.25) is 10.0 Å². The zero-order valence-electron chi connectivity index (χ0n) is 21.8. The van der Waals surface area contributed by atoms with Crippen molar-refractivity contribution < 1.29 is 28.2 Å². The molecule has 2 aromatic heterocycles. The number of methoxy groups -OCH3 is 1. The van der Waals surface area contributed by atoms with E-state index >= 15 is 0 Å². The van der Waals surface area contributed by atoms with E-state index in [0.717, 1.165) is 0 Å². The van der Waals surface area contributed by atoms with Crippen molar-refractivity contribution in [2.24, 2.45) is 4.99 Å². The van der Waals surface area contributed by atoms with Gasteiger partial charge in [-0.15, -0.1) is 0 Å². The van der Waals surface area contributed by atoms with Crippen LogP contribution >= 0.6 is 34.5 Å². The number of rotatable bonds is 8. The third-order valence-electron chi connectivity index (χ3n) is 6.13. The predicted octanol–water partition coefficient (Wildman–Crippen LogP) is 4.54. The minimum atomic E-state index is -0.855. The lowest BCUT2D eigenvalue weighted by Gasteiger charge is -2.25. The van der Waals surface area contributed by atoms with Crippen molar-refractivity contribution in [3.05, 3.63) is 119 Å². The Morgan fingerprint density at radius 2 is 1.85 bits per heavy atom. The van der Waals surface area contributed by atoms with Crippen LogP contribution in [0.5, 0.6) is 5.75 Å². The highest BCUT2D eigenvalue weighted by Crippen LogP contribution is 2.32. The molecule has 9 nitrogen and oxygen atoms in total. The molecule has 0 radical (unpaired) electrons. The molecule has 0 spiro atoms. The number of allylic oxidation sites excluding steroid dienone is 1. The molecule has 0 saturated carbocycles. The van der Waals surface area contributed by atoms with Crippen LogP contribution in [0.4, 0.5) is 0 Å². The molecule has 0 amide bonds. The van der Waals surface area contributed by atoms with Gasteiger partial charge in [0, 0.05) is 7.11 Å². The van der Waals surface area contributed by atoms with Crippen LogP contribution in [-0.2, 0) is 14.3 Å². The van der Waals surface area contributed by atoms with Crippen molar-refractivity contribution in [2.75, 3.05) is 20.3 Å². The Labute approximate surface area is 247 Å². The third kappa shape index (κ3) is 6.06. The Morgan fingerprint density at radius 3 is 2.54 bits per heavy atom. The summed E-state index contributed by atoms with van der Waals surface area (Å²) in [4.78, 5) is 44.3. The van der Waals surface area contributed by atoms with Crippen molar-refractivity contribution in [1.82, 2.24) is 4.57 Å². The highest BCUT2D eigenvalue weighted by atomic mass is 35.5. The van der Waals surface area contributed by atoms with E-state index in [9.17, 15) is 14.4 Å². The van der Waals surface area contributed by atoms with Gasteiger partial charge >= 0.3 is 11.9 Å². The molecule has 0 bridgehead atoms. The minimum Gasteiger partial charge on any atom is -0.460 e. The molecular formula is C29H22Cl2N2O7S. The summed E-state index contributed by atoms with van der Waals surface area (Å²) in [6.45, 7) is 1.93. The molecule has 3 heterocycles. The first kappa shape index (κ1) is 28.6. The average Bonchev–Trinajstić information content (AvgIpc) is 3.59. The van der Waals surface area contributed by atoms with E-state index in [0.29, 0.717) is 36.2 Å². The van der Waals surface area contributed by atoms with Crippen LogP contribution in [0.25, 0.3) is 6.08 Å². The molecular weight excluding hydrogens is 591 g/mol. The zero-order valence-corrected chi connectivity index (χ0v) is 24.1. The predicted molar refractivity (Wildman–Crippen MR) is 153 cm³/mol. The van der Waals surface area contributed by atoms with Gasteiger partial charge in [-0.25, -0.2) is 14.6 Å². The molecule has 1 atom stereocenters. The number of aromatic nitrogens is 1. The molecule has 0 N–H and O–H groups in total. The SMILES string of the molecule is COCCOC(=O)C1=C(C)N=c2sc(=Cc3ccc(Cl)c(Cl)c3)c(=O)n2C1c1ccc(OC(=O)c2ccco2)cc1. The fourth-order valence-electron chi connectivity index (χ4n) is 4.22. The van der Waals surface area contributed by atoms with Gasteiger partial charge in [-0.2, -0.15) is 0 Å². The van der Waals surface area contributed by atoms with E-state index in [1.165, 1.54) is 35.3 Å². The number of thiazole rings is 1. The topological polar surface area (TPSA) is 109 Å². The summed E-state index contributed by atoms with van der Waals surface area (Å²) in [5, 5.41) is 0.756. The van der Waals surface area contributed by atoms with E-state index < -0.39 is 18.0 Å². The molecule has 5 rings (SSSR count). The molecule has 2 aromatic carbocycles. The number of fused-ring (bicyclic) bond motifs is 1. The first-order valence-corrected chi connectivity index (χ1v) is 13.8. The summed E-state index contributed by atoms with van der Waals surface area (Å²) in [5.74, 6) is -0.966. The second kappa shape index (κ2) is 12.3. The first-order valence-electron chi connectivity index (χ1n) is 12.3. The van der Waals surface area contributed by atoms with Crippen molar-refractivity contribution in [3.8, 4) is 5.75 Å². The number of carbonyl (C=O) groups is 2. The molecule has 1 aliphatic heterocycles. The smallest absolute Gasteiger partial charge is 0.379 e. The van der Waals surface area contributed by atoms with Crippen molar-refractivity contribution in [3.63, 3.8) is 0 Å². The Balaban J connectivity index is 1.57. The second-order valence-corrected chi connectivity index (χ2v) is 10.6. The van der Waals surface area contributed by atoms with Crippen LogP contribution in [0.15, 0.2) is 86.3 Å². The van der Waals surface area contributed by atoms with Gasteiger partial charge in [-0.1, -0.05) is 52.7 Å². The summed E-state index contributed by atoms with van der Waals surface area (Å²) in [5.41, 5.74) is 1.52. The lowest BCUT2D eigenvalue weighted by molar-refractivity contribution is -0.140. The highest BCUT2D eigenvalue weighted by molar-refractivity contribution is 7.07. The summed E-state index contributed by atoms with van der Waals surface area (Å²) < 4.78 is 22.7. The average molecular weight is 613 g/mol. The number of hydrogen-bond donors (Lipinski definition) is 0. The molecule has 12 heteroatoms. The summed E-state index contributed by atoms with van der Waals surface area (Å²) in [7, 11) is 1.50. The number of ether oxygens (including phenoxy) is 3. The van der Waals surface area contributed by atoms with Gasteiger partial charge in [-0.3, -0.25) is 9.36 Å². The van der Waals surface area contributed by atoms with E-state index in [1.807, 2.05) is 0 Å². The molecule has 0 aliphatic carbocycles. The van der Waals surface area contributed by atoms with Gasteiger partial charge in [0.05, 0.1) is 44.8 Å². The molecule has 1 aliphatic rings. The Hall–Kier alpha value is -3.96. The van der Waals surface area contributed by atoms with Crippen LogP contribution < -0.4 is 19.6 Å². The Kier molecular flexibility index (Phi) is 8.55. The Morgan fingerprint density at radius 1 is 1.07 bits per heavy atom. The van der Waals surface area contributed by atoms with Crippen LogP contribution in [-0.4, -0.2) is 36.8 Å². The molecule has 41 heavy (non-hydrogen) atoms. The molecule has 0 saturated heterocycles. The summed E-state index contributed by atoms with van der Waals surface area (Å²) in [6, 6.07) is 13.8. The minimum absolute atomic E-state index is 0.0300. The fraction of sp³-hybridized carbons (Fsp3) is 0.172. The quantitative estimate of drug-likeness (QED) is 0.163. The highest BCUT2D eigenvalue weighted by Gasteiger charge is 2.33. The number of halogens is 2. The van der Waals surface area contributed by atoms with Gasteiger partial charge in [0.1, 0.15) is 12.4 Å². The maximum Gasteiger partial charge on any atom is 0.379 e. The largest absolute Gasteiger partial charge is 0.460 e. The summed E-state index contributed by atoms with van der Waals surface area (Å²) in [6.07, 6.45) is 3.06. The third-order valence-corrected chi connectivity index (χ3v) is 7.85. The maximum atomic E-state index is 13.8. The number of carbonyl (C=O) groups excluding carboxylic acids is 2. The lowest BCUT2D eigenvalue weighted by atomic mass is 9.96. The standard InChI is InChI=1S/C29H22Cl2N2O7S/c1-16-24(28(36)39-13-12-37-2)25(18-6-8-19(9-7-18)40-27(35)22-4-3-11-38-22)33-26(34)23(41-29(33)32-16)15-17-5-10-20(30)21(31)14-17/h3-11,14-15,25H,12-13H2,1-2H3. The number of esters is 2. The lowest BCUT2D eigenvalue weighted by Crippen LogP contribution is -2.40. The van der Waals surface area contributed by atoms with Gasteiger partial charge in [0.15, 0.2) is 4.80 Å². The summed E-state index contributed by atoms with van der Waals surface area (Å²) >= 11 is 13.4. The van der Waals surface area contributed by atoms with E-state index in [4.69, 9.17) is 41.8 Å². The van der Waals surface area contributed by atoms with E-state index in [2.05, 4.69) is 4.99 Å². The maximum absolute atomic E-state index is 13.8. The van der Waals surface area contributed by atoms with Crippen LogP contribution in [0.3, 0.4) is 0 Å². The monoisotopic (exact) mass is 612 g/mol. The molecule has 0 fully saturated rings. The van der Waals surface area contributed by atoms with Gasteiger partial charge in [0.25, 0.3) is 5.56 Å². The number of benzene rings is 2. The Bertz CT molecular complexity index is 1820. The van der Waals surface area contributed by atoms with Gasteiger partial charge < -0.3 is 18.6 Å². The fourth-order valence-corrected chi connectivity index (χ4v) is 5.57. The molecule has 4 aromatic rings. The van der Waals surface area contributed by atoms with Crippen molar-refractivity contribution in [2.45, 2.75) is 13.0 Å². The van der Waals surface area contributed by atoms with E-state index in [1.54, 1.807) is 61.5 Å². The molecule has 210 valence electrons. The van der Waals surface area contributed by atoms with Crippen LogP contribution in [0.1, 0.15) is 34.6 Å². The number of nitrogens with zero attached hydrogens (tertiary/aromatic N) is 2. The van der Waals surface area contributed by atoms with Crippen LogP contribution in [0, 0.1) is 0 Å². The number of furan rings is 1. The second-order valence-electron chi connectivity index (χ2n) is 8.82. The molecule has 1 unspecified atom stereocenters. The van der Waals surface area contributed by atoms with Crippen molar-refractivity contribution >= 4 is 52.6 Å². The van der Waals surface area contributed by atoms with Gasteiger partial charge in [0.2, 0.25) is 5.76 Å². The van der Waals surface area contributed by atoms with Gasteiger partial charge in [-0.05, 0) is 60.5 Å². The normalized spacial score (nSPS) is 14.9. The van der Waals surface area contributed by atoms with Crippen molar-refractivity contribution in [1.29, 1.82) is 0 Å². The first-order chi connectivity index (χ1) is 19.8. The zero-order chi connectivity index (χ0) is 29.1. The van der Waals surface area contributed by atoms with E-state index in [-0.39, 0.29) is 35.9 Å².